The van der Waals surface area contributed by atoms with Crippen molar-refractivity contribution in [1.29, 1.82) is 0 Å². The predicted molar refractivity (Wildman–Crippen MR) is 105 cm³/mol. The first-order valence-electron chi connectivity index (χ1n) is 8.61. The lowest BCUT2D eigenvalue weighted by atomic mass is 9.98. The first-order valence-corrected chi connectivity index (χ1v) is 9.76. The molecule has 0 aliphatic carbocycles. The van der Waals surface area contributed by atoms with Crippen LogP contribution in [-0.2, 0) is 9.63 Å². The Hall–Kier alpha value is -1.73. The first kappa shape index (κ1) is 19.6. The van der Waals surface area contributed by atoms with Gasteiger partial charge in [0.2, 0.25) is 0 Å². The van der Waals surface area contributed by atoms with Gasteiger partial charge in [0.1, 0.15) is 0 Å². The summed E-state index contributed by atoms with van der Waals surface area (Å²) in [5.74, 6) is 2.73. The van der Waals surface area contributed by atoms with Gasteiger partial charge in [0.15, 0.2) is 12.4 Å². The second-order valence-electron chi connectivity index (χ2n) is 6.49. The van der Waals surface area contributed by atoms with Gasteiger partial charge in [-0.1, -0.05) is 37.2 Å². The van der Waals surface area contributed by atoms with Gasteiger partial charge in [-0.2, -0.15) is 11.8 Å². The fourth-order valence-electron chi connectivity index (χ4n) is 2.71. The van der Waals surface area contributed by atoms with Gasteiger partial charge in [0, 0.05) is 30.3 Å². The van der Waals surface area contributed by atoms with Gasteiger partial charge in [-0.3, -0.25) is 9.69 Å². The Labute approximate surface area is 154 Å². The third kappa shape index (κ3) is 6.25. The van der Waals surface area contributed by atoms with Gasteiger partial charge in [-0.15, -0.1) is 0 Å². The Kier molecular flexibility index (Phi) is 7.58. The van der Waals surface area contributed by atoms with Crippen LogP contribution in [0.3, 0.4) is 0 Å². The summed E-state index contributed by atoms with van der Waals surface area (Å²) in [4.78, 5) is 19.5. The summed E-state index contributed by atoms with van der Waals surface area (Å²) in [6, 6.07) is 6.01. The van der Waals surface area contributed by atoms with Crippen molar-refractivity contribution in [1.82, 2.24) is 4.90 Å². The molecule has 6 nitrogen and oxygen atoms in total. The van der Waals surface area contributed by atoms with Crippen molar-refractivity contribution in [2.75, 3.05) is 43.1 Å². The summed E-state index contributed by atoms with van der Waals surface area (Å²) in [6.07, 6.45) is 0. The maximum atomic E-state index is 12.2. The molecule has 138 valence electrons. The molecule has 2 rings (SSSR count). The molecule has 0 unspecified atom stereocenters. The van der Waals surface area contributed by atoms with Crippen LogP contribution in [0.25, 0.3) is 0 Å². The lowest BCUT2D eigenvalue weighted by molar-refractivity contribution is -0.120. The highest BCUT2D eigenvalue weighted by atomic mass is 32.2. The number of thioether (sulfide) groups is 1. The van der Waals surface area contributed by atoms with E-state index in [9.17, 15) is 4.79 Å². The highest BCUT2D eigenvalue weighted by molar-refractivity contribution is 7.99. The molecule has 1 aromatic carbocycles. The Morgan fingerprint density at radius 1 is 1.40 bits per heavy atom. The number of hydrogen-bond acceptors (Lipinski definition) is 5. The predicted octanol–water partition coefficient (Wildman–Crippen LogP) is 2.39. The van der Waals surface area contributed by atoms with E-state index in [-0.39, 0.29) is 12.5 Å². The molecule has 0 saturated carbocycles. The van der Waals surface area contributed by atoms with Gasteiger partial charge in [-0.05, 0) is 24.0 Å². The number of hydrogen-bond donors (Lipinski definition) is 2. The second-order valence-corrected chi connectivity index (χ2v) is 7.71. The van der Waals surface area contributed by atoms with Crippen LogP contribution >= 0.6 is 11.8 Å². The Morgan fingerprint density at radius 3 is 2.80 bits per heavy atom. The van der Waals surface area contributed by atoms with E-state index in [0.717, 1.165) is 41.4 Å². The molecule has 3 N–H and O–H groups in total. The number of nitrogens with one attached hydrogen (secondary N) is 1. The summed E-state index contributed by atoms with van der Waals surface area (Å²) in [5, 5.41) is 6.79. The average Bonchev–Trinajstić information content (AvgIpc) is 2.57. The van der Waals surface area contributed by atoms with Crippen molar-refractivity contribution in [3.05, 3.63) is 29.3 Å². The average molecular weight is 365 g/mol. The van der Waals surface area contributed by atoms with Crippen molar-refractivity contribution < 1.29 is 9.63 Å². The van der Waals surface area contributed by atoms with E-state index < -0.39 is 0 Å². The topological polar surface area (TPSA) is 79.9 Å². The summed E-state index contributed by atoms with van der Waals surface area (Å²) in [5.41, 5.74) is 8.87. The summed E-state index contributed by atoms with van der Waals surface area (Å²) < 4.78 is 0. The minimum atomic E-state index is -0.234. The van der Waals surface area contributed by atoms with Crippen LogP contribution in [0.2, 0.25) is 0 Å². The van der Waals surface area contributed by atoms with Crippen molar-refractivity contribution in [2.45, 2.75) is 26.7 Å². The molecule has 0 spiro atoms. The number of amides is 1. The largest absolute Gasteiger partial charge is 0.384 e. The minimum absolute atomic E-state index is 0.150. The quantitative estimate of drug-likeness (QED) is 0.441. The summed E-state index contributed by atoms with van der Waals surface area (Å²) in [6.45, 7) is 8.63. The Balaban J connectivity index is 1.83. The Morgan fingerprint density at radius 2 is 2.12 bits per heavy atom. The number of amidine groups is 1. The van der Waals surface area contributed by atoms with Crippen LogP contribution in [0.15, 0.2) is 23.4 Å². The molecule has 0 radical (unpaired) electrons. The zero-order chi connectivity index (χ0) is 18.2. The minimum Gasteiger partial charge on any atom is -0.384 e. The number of nitrogens with two attached hydrogens (primary N) is 1. The Bertz CT molecular complexity index is 613. The summed E-state index contributed by atoms with van der Waals surface area (Å²) >= 11 is 1.95. The first-order chi connectivity index (χ1) is 12.0. The molecule has 25 heavy (non-hydrogen) atoms. The van der Waals surface area contributed by atoms with E-state index in [2.05, 4.69) is 29.2 Å². The molecular weight excluding hydrogens is 336 g/mol. The van der Waals surface area contributed by atoms with Crippen molar-refractivity contribution in [2.24, 2.45) is 10.9 Å². The van der Waals surface area contributed by atoms with Gasteiger partial charge in [0.05, 0.1) is 6.54 Å². The molecule has 1 aliphatic heterocycles. The molecule has 1 fully saturated rings. The number of carbonyl (C=O) groups is 1. The SMILES string of the molecule is Cc1cccc(C(C)C)c1NC(=O)CO/N=C(\N)CN1CCSCC1. The molecular formula is C18H28N4O2S. The zero-order valence-electron chi connectivity index (χ0n) is 15.2. The fraction of sp³-hybridized carbons (Fsp3) is 0.556. The van der Waals surface area contributed by atoms with Gasteiger partial charge < -0.3 is 15.9 Å². The van der Waals surface area contributed by atoms with Crippen LogP contribution in [0.1, 0.15) is 30.9 Å². The maximum absolute atomic E-state index is 12.2. The number of nitrogens with zero attached hydrogens (tertiary/aromatic N) is 2. The number of oxime groups is 1. The number of para-hydroxylation sites is 1. The van der Waals surface area contributed by atoms with Crippen molar-refractivity contribution in [3.63, 3.8) is 0 Å². The molecule has 0 aromatic heterocycles. The number of aryl methyl sites for hydroxylation is 1. The third-order valence-electron chi connectivity index (χ3n) is 4.06. The van der Waals surface area contributed by atoms with E-state index in [4.69, 9.17) is 10.6 Å². The van der Waals surface area contributed by atoms with Gasteiger partial charge >= 0.3 is 0 Å². The fourth-order valence-corrected chi connectivity index (χ4v) is 3.69. The monoisotopic (exact) mass is 364 g/mol. The summed E-state index contributed by atoms with van der Waals surface area (Å²) in [7, 11) is 0. The molecule has 1 amide bonds. The van der Waals surface area contributed by atoms with Crippen LogP contribution < -0.4 is 11.1 Å². The maximum Gasteiger partial charge on any atom is 0.265 e. The highest BCUT2D eigenvalue weighted by Crippen LogP contribution is 2.27. The van der Waals surface area contributed by atoms with E-state index in [1.807, 2.05) is 36.9 Å². The molecule has 0 atom stereocenters. The van der Waals surface area contributed by atoms with E-state index in [0.29, 0.717) is 18.3 Å². The molecule has 1 aliphatic rings. The molecule has 1 aromatic rings. The van der Waals surface area contributed by atoms with Crippen LogP contribution in [0.5, 0.6) is 0 Å². The molecule has 7 heteroatoms. The molecule has 0 bridgehead atoms. The van der Waals surface area contributed by atoms with Crippen LogP contribution in [0.4, 0.5) is 5.69 Å². The third-order valence-corrected chi connectivity index (χ3v) is 5.00. The number of carbonyl (C=O) groups excluding carboxylic acids is 1. The zero-order valence-corrected chi connectivity index (χ0v) is 16.1. The van der Waals surface area contributed by atoms with Crippen molar-refractivity contribution in [3.8, 4) is 0 Å². The van der Waals surface area contributed by atoms with Crippen LogP contribution in [0, 0.1) is 6.92 Å². The van der Waals surface area contributed by atoms with Gasteiger partial charge in [0.25, 0.3) is 5.91 Å². The number of rotatable bonds is 7. The lowest BCUT2D eigenvalue weighted by Gasteiger charge is -2.25. The normalized spacial score (nSPS) is 16.1. The van der Waals surface area contributed by atoms with Crippen LogP contribution in [-0.4, -0.2) is 54.4 Å². The smallest absolute Gasteiger partial charge is 0.265 e. The highest BCUT2D eigenvalue weighted by Gasteiger charge is 2.13. The van der Waals surface area contributed by atoms with E-state index in [1.54, 1.807) is 0 Å². The molecule has 1 heterocycles. The standard InChI is InChI=1S/C18H28N4O2S/c1-13(2)15-6-4-5-14(3)18(15)20-17(23)12-24-21-16(19)11-22-7-9-25-10-8-22/h4-6,13H,7-12H2,1-3H3,(H2,19,21)(H,20,23). The van der Waals surface area contributed by atoms with Gasteiger partial charge in [-0.25, -0.2) is 0 Å². The van der Waals surface area contributed by atoms with E-state index in [1.165, 1.54) is 0 Å². The number of benzene rings is 1. The lowest BCUT2D eigenvalue weighted by Crippen LogP contribution is -2.39. The van der Waals surface area contributed by atoms with Crippen molar-refractivity contribution >= 4 is 29.2 Å². The molecule has 1 saturated heterocycles. The number of anilines is 1. The van der Waals surface area contributed by atoms with E-state index >= 15 is 0 Å². The second kappa shape index (κ2) is 9.68.